The van der Waals surface area contributed by atoms with Gasteiger partial charge < -0.3 is 10.1 Å². The molecule has 0 fully saturated rings. The average molecular weight is 355 g/mol. The molecule has 1 amide bonds. The Hall–Kier alpha value is -3.78. The Balaban J connectivity index is 1.88. The molecule has 1 heterocycles. The summed E-state index contributed by atoms with van der Waals surface area (Å²) in [6, 6.07) is 24.2. The molecule has 132 valence electrons. The highest BCUT2D eigenvalue weighted by Crippen LogP contribution is 2.40. The number of amides is 1. The summed E-state index contributed by atoms with van der Waals surface area (Å²) in [4.78, 5) is 15.1. The van der Waals surface area contributed by atoms with Gasteiger partial charge in [-0.3, -0.25) is 9.69 Å². The second-order valence-corrected chi connectivity index (χ2v) is 6.17. The van der Waals surface area contributed by atoms with E-state index in [0.29, 0.717) is 22.6 Å². The molecule has 5 nitrogen and oxygen atoms in total. The lowest BCUT2D eigenvalue weighted by Crippen LogP contribution is -2.43. The SMILES string of the molecule is COc1ccccc1N1C(=O)c2ccccc2N[C@@H]1c1ccc(C#N)cc1. The van der Waals surface area contributed by atoms with Crippen LogP contribution in [-0.4, -0.2) is 13.0 Å². The van der Waals surface area contributed by atoms with E-state index in [2.05, 4.69) is 11.4 Å². The Kier molecular flexibility index (Phi) is 4.23. The largest absolute Gasteiger partial charge is 0.495 e. The number of rotatable bonds is 3. The number of nitriles is 1. The number of nitrogens with zero attached hydrogens (tertiary/aromatic N) is 2. The van der Waals surface area contributed by atoms with Crippen LogP contribution in [0.5, 0.6) is 5.75 Å². The van der Waals surface area contributed by atoms with Gasteiger partial charge in [-0.05, 0) is 42.0 Å². The van der Waals surface area contributed by atoms with Crippen LogP contribution in [0, 0.1) is 11.3 Å². The molecule has 27 heavy (non-hydrogen) atoms. The molecular weight excluding hydrogens is 338 g/mol. The van der Waals surface area contributed by atoms with Crippen molar-refractivity contribution in [3.63, 3.8) is 0 Å². The second-order valence-electron chi connectivity index (χ2n) is 6.17. The Morgan fingerprint density at radius 2 is 1.70 bits per heavy atom. The monoisotopic (exact) mass is 355 g/mol. The topological polar surface area (TPSA) is 65.4 Å². The zero-order valence-corrected chi connectivity index (χ0v) is 14.7. The van der Waals surface area contributed by atoms with E-state index in [1.165, 1.54) is 0 Å². The summed E-state index contributed by atoms with van der Waals surface area (Å²) in [6.07, 6.45) is -0.420. The number of hydrogen-bond acceptors (Lipinski definition) is 4. The maximum atomic E-state index is 13.4. The second kappa shape index (κ2) is 6.85. The fourth-order valence-corrected chi connectivity index (χ4v) is 3.30. The number of hydrogen-bond donors (Lipinski definition) is 1. The maximum absolute atomic E-state index is 13.4. The molecule has 4 rings (SSSR count). The highest BCUT2D eigenvalue weighted by molar-refractivity contribution is 6.12. The Morgan fingerprint density at radius 3 is 2.44 bits per heavy atom. The van der Waals surface area contributed by atoms with Gasteiger partial charge in [-0.2, -0.15) is 5.26 Å². The molecule has 0 saturated carbocycles. The van der Waals surface area contributed by atoms with E-state index < -0.39 is 6.17 Å². The predicted molar refractivity (Wildman–Crippen MR) is 104 cm³/mol. The summed E-state index contributed by atoms with van der Waals surface area (Å²) in [5.74, 6) is 0.508. The van der Waals surface area contributed by atoms with Crippen molar-refractivity contribution in [2.24, 2.45) is 0 Å². The molecular formula is C22H17N3O2. The van der Waals surface area contributed by atoms with Gasteiger partial charge in [0.1, 0.15) is 11.9 Å². The fourth-order valence-electron chi connectivity index (χ4n) is 3.30. The van der Waals surface area contributed by atoms with Gasteiger partial charge in [0.05, 0.1) is 30.0 Å². The summed E-state index contributed by atoms with van der Waals surface area (Å²) in [5, 5.41) is 12.5. The lowest BCUT2D eigenvalue weighted by atomic mass is 10.0. The van der Waals surface area contributed by atoms with E-state index in [1.54, 1.807) is 24.1 Å². The van der Waals surface area contributed by atoms with Crippen molar-refractivity contribution in [2.75, 3.05) is 17.3 Å². The van der Waals surface area contributed by atoms with Crippen molar-refractivity contribution in [3.05, 3.63) is 89.5 Å². The van der Waals surface area contributed by atoms with Gasteiger partial charge in [0.15, 0.2) is 0 Å². The first kappa shape index (κ1) is 16.7. The van der Waals surface area contributed by atoms with Gasteiger partial charge >= 0.3 is 0 Å². The smallest absolute Gasteiger partial charge is 0.262 e. The van der Waals surface area contributed by atoms with E-state index in [-0.39, 0.29) is 5.91 Å². The first-order valence-corrected chi connectivity index (χ1v) is 8.55. The minimum atomic E-state index is -0.420. The third-order valence-corrected chi connectivity index (χ3v) is 4.63. The van der Waals surface area contributed by atoms with Crippen molar-refractivity contribution >= 4 is 17.3 Å². The van der Waals surface area contributed by atoms with Crippen LogP contribution in [0.3, 0.4) is 0 Å². The molecule has 1 N–H and O–H groups in total. The zero-order valence-electron chi connectivity index (χ0n) is 14.7. The molecule has 1 aliphatic rings. The van der Waals surface area contributed by atoms with E-state index in [4.69, 9.17) is 10.00 Å². The first-order chi connectivity index (χ1) is 13.2. The lowest BCUT2D eigenvalue weighted by molar-refractivity contribution is 0.0974. The van der Waals surface area contributed by atoms with Crippen LogP contribution >= 0.6 is 0 Å². The molecule has 1 atom stereocenters. The van der Waals surface area contributed by atoms with Gasteiger partial charge in [0, 0.05) is 5.69 Å². The van der Waals surface area contributed by atoms with Crippen LogP contribution in [-0.2, 0) is 0 Å². The summed E-state index contributed by atoms with van der Waals surface area (Å²) >= 11 is 0. The predicted octanol–water partition coefficient (Wildman–Crippen LogP) is 4.34. The van der Waals surface area contributed by atoms with Gasteiger partial charge in [-0.25, -0.2) is 0 Å². The fraction of sp³-hybridized carbons (Fsp3) is 0.0909. The summed E-state index contributed by atoms with van der Waals surface area (Å²) in [5.41, 5.74) is 3.52. The minimum absolute atomic E-state index is 0.108. The molecule has 3 aromatic carbocycles. The quantitative estimate of drug-likeness (QED) is 0.759. The zero-order chi connectivity index (χ0) is 18.8. The molecule has 0 aliphatic carbocycles. The standard InChI is InChI=1S/C22H17N3O2/c1-27-20-9-5-4-8-19(20)25-21(16-12-10-15(14-23)11-13-16)24-18-7-3-2-6-17(18)22(25)26/h2-13,21,24H,1H3/t21-/m0/s1. The lowest BCUT2D eigenvalue weighted by Gasteiger charge is -2.38. The van der Waals surface area contributed by atoms with Crippen LogP contribution in [0.15, 0.2) is 72.8 Å². The van der Waals surface area contributed by atoms with Gasteiger partial charge in [0.2, 0.25) is 0 Å². The van der Waals surface area contributed by atoms with Crippen LogP contribution in [0.2, 0.25) is 0 Å². The van der Waals surface area contributed by atoms with Crippen molar-refractivity contribution in [2.45, 2.75) is 6.17 Å². The number of carbonyl (C=O) groups is 1. The third kappa shape index (κ3) is 2.87. The summed E-state index contributed by atoms with van der Waals surface area (Å²) < 4.78 is 5.49. The summed E-state index contributed by atoms with van der Waals surface area (Å²) in [7, 11) is 1.59. The molecule has 0 aromatic heterocycles. The number of benzene rings is 3. The van der Waals surface area contributed by atoms with E-state index in [9.17, 15) is 4.79 Å². The molecule has 5 heteroatoms. The summed E-state index contributed by atoms with van der Waals surface area (Å²) in [6.45, 7) is 0. The number of anilines is 2. The van der Waals surface area contributed by atoms with Crippen molar-refractivity contribution in [3.8, 4) is 11.8 Å². The van der Waals surface area contributed by atoms with Gasteiger partial charge in [-0.15, -0.1) is 0 Å². The highest BCUT2D eigenvalue weighted by atomic mass is 16.5. The molecule has 0 saturated heterocycles. The average Bonchev–Trinajstić information content (AvgIpc) is 2.74. The number of para-hydroxylation sites is 3. The van der Waals surface area contributed by atoms with E-state index in [1.807, 2.05) is 60.7 Å². The number of carbonyl (C=O) groups excluding carboxylic acids is 1. The van der Waals surface area contributed by atoms with Crippen molar-refractivity contribution < 1.29 is 9.53 Å². The van der Waals surface area contributed by atoms with Crippen LogP contribution in [0.25, 0.3) is 0 Å². The van der Waals surface area contributed by atoms with Gasteiger partial charge in [-0.1, -0.05) is 36.4 Å². The highest BCUT2D eigenvalue weighted by Gasteiger charge is 2.35. The maximum Gasteiger partial charge on any atom is 0.262 e. The number of methoxy groups -OCH3 is 1. The normalized spacial score (nSPS) is 15.5. The molecule has 0 unspecified atom stereocenters. The number of fused-ring (bicyclic) bond motifs is 1. The Morgan fingerprint density at radius 1 is 1.00 bits per heavy atom. The van der Waals surface area contributed by atoms with Gasteiger partial charge in [0.25, 0.3) is 5.91 Å². The van der Waals surface area contributed by atoms with E-state index >= 15 is 0 Å². The molecule has 0 spiro atoms. The molecule has 0 radical (unpaired) electrons. The first-order valence-electron chi connectivity index (χ1n) is 8.55. The third-order valence-electron chi connectivity index (χ3n) is 4.63. The molecule has 1 aliphatic heterocycles. The number of nitrogens with one attached hydrogen (secondary N) is 1. The van der Waals surface area contributed by atoms with Crippen molar-refractivity contribution in [1.29, 1.82) is 5.26 Å². The molecule has 3 aromatic rings. The minimum Gasteiger partial charge on any atom is -0.495 e. The van der Waals surface area contributed by atoms with E-state index in [0.717, 1.165) is 11.3 Å². The Bertz CT molecular complexity index is 1040. The van der Waals surface area contributed by atoms with Crippen LogP contribution in [0.4, 0.5) is 11.4 Å². The number of ether oxygens (including phenoxy) is 1. The van der Waals surface area contributed by atoms with Crippen LogP contribution in [0.1, 0.15) is 27.7 Å². The Labute approximate surface area is 157 Å². The molecule has 0 bridgehead atoms. The van der Waals surface area contributed by atoms with Crippen LogP contribution < -0.4 is 15.0 Å². The van der Waals surface area contributed by atoms with Crippen molar-refractivity contribution in [1.82, 2.24) is 0 Å².